The molecule has 0 aliphatic carbocycles. The number of nitrogens with two attached hydrogens (primary N) is 1. The molecule has 1 aliphatic rings. The fourth-order valence-electron chi connectivity index (χ4n) is 1.75. The lowest BCUT2D eigenvalue weighted by Gasteiger charge is -2.26. The second-order valence-corrected chi connectivity index (χ2v) is 6.34. The number of rotatable bonds is 3. The standard InChI is InChI=1S/C11H15N3O4S/c1-2-19(16,17)7-3-4-9-8(5-7)13-6-10(18-9)11(15)14-12/h3-5,10,13H,2,6,12H2,1H3,(H,14,15). The minimum Gasteiger partial charge on any atom is -0.476 e. The summed E-state index contributed by atoms with van der Waals surface area (Å²) in [6.45, 7) is 1.81. The largest absolute Gasteiger partial charge is 0.476 e. The molecule has 0 bridgehead atoms. The van der Waals surface area contributed by atoms with E-state index >= 15 is 0 Å². The third-order valence-corrected chi connectivity index (χ3v) is 4.60. The van der Waals surface area contributed by atoms with Crippen molar-refractivity contribution < 1.29 is 17.9 Å². The third-order valence-electron chi connectivity index (χ3n) is 2.87. The van der Waals surface area contributed by atoms with Gasteiger partial charge in [-0.15, -0.1) is 0 Å². The number of sulfone groups is 1. The topological polar surface area (TPSA) is 111 Å². The van der Waals surface area contributed by atoms with Gasteiger partial charge in [-0.25, -0.2) is 14.3 Å². The fraction of sp³-hybridized carbons (Fsp3) is 0.364. The van der Waals surface area contributed by atoms with Gasteiger partial charge in [0.1, 0.15) is 5.75 Å². The first-order chi connectivity index (χ1) is 8.97. The van der Waals surface area contributed by atoms with Crippen LogP contribution in [0.3, 0.4) is 0 Å². The first-order valence-corrected chi connectivity index (χ1v) is 7.41. The predicted molar refractivity (Wildman–Crippen MR) is 69.4 cm³/mol. The normalized spacial score (nSPS) is 17.9. The lowest BCUT2D eigenvalue weighted by molar-refractivity contribution is -0.127. The van der Waals surface area contributed by atoms with E-state index in [1.165, 1.54) is 18.2 Å². The number of ether oxygens (including phenoxy) is 1. The maximum Gasteiger partial charge on any atom is 0.276 e. The Balaban J connectivity index is 2.29. The summed E-state index contributed by atoms with van der Waals surface area (Å²) in [5.41, 5.74) is 2.56. The summed E-state index contributed by atoms with van der Waals surface area (Å²) in [5.74, 6) is 5.05. The Hall–Kier alpha value is -1.80. The molecule has 0 aromatic heterocycles. The molecule has 0 radical (unpaired) electrons. The monoisotopic (exact) mass is 285 g/mol. The van der Waals surface area contributed by atoms with Gasteiger partial charge in [0.05, 0.1) is 22.9 Å². The molecule has 1 aromatic carbocycles. The molecular weight excluding hydrogens is 270 g/mol. The molecule has 104 valence electrons. The molecule has 0 saturated carbocycles. The molecule has 1 unspecified atom stereocenters. The van der Waals surface area contributed by atoms with Crippen LogP contribution in [-0.4, -0.2) is 32.7 Å². The first kappa shape index (κ1) is 13.6. The minimum absolute atomic E-state index is 0.0326. The Morgan fingerprint density at radius 2 is 2.32 bits per heavy atom. The third kappa shape index (κ3) is 2.64. The van der Waals surface area contributed by atoms with Crippen molar-refractivity contribution in [3.05, 3.63) is 18.2 Å². The average Bonchev–Trinajstić information content (AvgIpc) is 2.45. The molecule has 0 saturated heterocycles. The van der Waals surface area contributed by atoms with E-state index in [1.54, 1.807) is 6.92 Å². The van der Waals surface area contributed by atoms with E-state index < -0.39 is 21.8 Å². The van der Waals surface area contributed by atoms with Crippen LogP contribution in [-0.2, 0) is 14.6 Å². The van der Waals surface area contributed by atoms with E-state index in [9.17, 15) is 13.2 Å². The molecule has 1 aliphatic heterocycles. The number of hydrazine groups is 1. The van der Waals surface area contributed by atoms with Gasteiger partial charge in [-0.05, 0) is 18.2 Å². The van der Waals surface area contributed by atoms with Gasteiger partial charge in [-0.3, -0.25) is 10.2 Å². The molecule has 1 atom stereocenters. The summed E-state index contributed by atoms with van der Waals surface area (Å²) < 4.78 is 28.9. The van der Waals surface area contributed by atoms with Crippen LogP contribution in [0.4, 0.5) is 5.69 Å². The van der Waals surface area contributed by atoms with Crippen molar-refractivity contribution in [1.29, 1.82) is 0 Å². The SMILES string of the molecule is CCS(=O)(=O)c1ccc2c(c1)NCC(C(=O)NN)O2. The van der Waals surface area contributed by atoms with Gasteiger partial charge in [0.15, 0.2) is 15.9 Å². The number of carbonyl (C=O) groups is 1. The van der Waals surface area contributed by atoms with E-state index in [-0.39, 0.29) is 17.2 Å². The maximum absolute atomic E-state index is 11.8. The van der Waals surface area contributed by atoms with Crippen LogP contribution in [0.5, 0.6) is 5.75 Å². The second kappa shape index (κ2) is 5.06. The maximum atomic E-state index is 11.8. The van der Waals surface area contributed by atoms with E-state index in [0.29, 0.717) is 11.4 Å². The molecule has 7 nitrogen and oxygen atoms in total. The first-order valence-electron chi connectivity index (χ1n) is 5.75. The second-order valence-electron chi connectivity index (χ2n) is 4.06. The Labute approximate surface area is 111 Å². The molecule has 0 spiro atoms. The average molecular weight is 285 g/mol. The van der Waals surface area contributed by atoms with Crippen molar-refractivity contribution in [3.8, 4) is 5.75 Å². The summed E-state index contributed by atoms with van der Waals surface area (Å²) >= 11 is 0. The quantitative estimate of drug-likeness (QED) is 0.397. The van der Waals surface area contributed by atoms with E-state index in [0.717, 1.165) is 0 Å². The number of hydrogen-bond donors (Lipinski definition) is 3. The number of benzene rings is 1. The van der Waals surface area contributed by atoms with Crippen LogP contribution in [0, 0.1) is 0 Å². The van der Waals surface area contributed by atoms with Gasteiger partial charge in [-0.2, -0.15) is 0 Å². The molecule has 1 aromatic rings. The number of amides is 1. The zero-order valence-corrected chi connectivity index (χ0v) is 11.2. The van der Waals surface area contributed by atoms with Crippen molar-refractivity contribution in [2.45, 2.75) is 17.9 Å². The zero-order valence-electron chi connectivity index (χ0n) is 10.3. The van der Waals surface area contributed by atoms with Gasteiger partial charge in [-0.1, -0.05) is 6.92 Å². The summed E-state index contributed by atoms with van der Waals surface area (Å²) in [7, 11) is -3.26. The summed E-state index contributed by atoms with van der Waals surface area (Å²) in [5, 5.41) is 2.96. The van der Waals surface area contributed by atoms with Crippen LogP contribution >= 0.6 is 0 Å². The lowest BCUT2D eigenvalue weighted by Crippen LogP contribution is -2.47. The van der Waals surface area contributed by atoms with Gasteiger partial charge < -0.3 is 10.1 Å². The fourth-order valence-corrected chi connectivity index (χ4v) is 2.65. The number of nitrogens with one attached hydrogen (secondary N) is 2. The highest BCUT2D eigenvalue weighted by Gasteiger charge is 2.26. The Morgan fingerprint density at radius 3 is 2.95 bits per heavy atom. The van der Waals surface area contributed by atoms with Crippen molar-refractivity contribution in [2.24, 2.45) is 5.84 Å². The predicted octanol–water partition coefficient (Wildman–Crippen LogP) is -0.357. The summed E-state index contributed by atoms with van der Waals surface area (Å²) in [6.07, 6.45) is -0.730. The van der Waals surface area contributed by atoms with E-state index in [1.807, 2.05) is 5.43 Å². The van der Waals surface area contributed by atoms with Gasteiger partial charge in [0.25, 0.3) is 5.91 Å². The molecule has 19 heavy (non-hydrogen) atoms. The number of hydrogen-bond acceptors (Lipinski definition) is 6. The number of carbonyl (C=O) groups excluding carboxylic acids is 1. The van der Waals surface area contributed by atoms with Gasteiger partial charge in [0, 0.05) is 0 Å². The van der Waals surface area contributed by atoms with Crippen LogP contribution in [0.25, 0.3) is 0 Å². The highest BCUT2D eigenvalue weighted by atomic mass is 32.2. The van der Waals surface area contributed by atoms with E-state index in [2.05, 4.69) is 5.32 Å². The Kier molecular flexibility index (Phi) is 3.63. The minimum atomic E-state index is -3.26. The van der Waals surface area contributed by atoms with Gasteiger partial charge >= 0.3 is 0 Å². The Bertz CT molecular complexity index is 600. The van der Waals surface area contributed by atoms with Crippen molar-refractivity contribution in [1.82, 2.24) is 5.43 Å². The van der Waals surface area contributed by atoms with Crippen LogP contribution < -0.4 is 21.3 Å². The Morgan fingerprint density at radius 1 is 1.58 bits per heavy atom. The molecule has 8 heteroatoms. The van der Waals surface area contributed by atoms with E-state index in [4.69, 9.17) is 10.6 Å². The van der Waals surface area contributed by atoms with Crippen LogP contribution in [0.1, 0.15) is 6.92 Å². The van der Waals surface area contributed by atoms with Crippen molar-refractivity contribution >= 4 is 21.4 Å². The zero-order chi connectivity index (χ0) is 14.0. The summed E-state index contributed by atoms with van der Waals surface area (Å²) in [6, 6.07) is 4.49. The smallest absolute Gasteiger partial charge is 0.276 e. The van der Waals surface area contributed by atoms with Crippen molar-refractivity contribution in [3.63, 3.8) is 0 Å². The lowest BCUT2D eigenvalue weighted by atomic mass is 10.2. The number of anilines is 1. The molecule has 1 amide bonds. The highest BCUT2D eigenvalue weighted by molar-refractivity contribution is 7.91. The van der Waals surface area contributed by atoms with Gasteiger partial charge in [0.2, 0.25) is 0 Å². The molecule has 4 N–H and O–H groups in total. The highest BCUT2D eigenvalue weighted by Crippen LogP contribution is 2.31. The van der Waals surface area contributed by atoms with Crippen LogP contribution in [0.2, 0.25) is 0 Å². The molecular formula is C11H15N3O4S. The number of fused-ring (bicyclic) bond motifs is 1. The molecule has 2 rings (SSSR count). The molecule has 1 heterocycles. The van der Waals surface area contributed by atoms with Crippen molar-refractivity contribution in [2.75, 3.05) is 17.6 Å². The molecule has 0 fully saturated rings. The van der Waals surface area contributed by atoms with Crippen LogP contribution in [0.15, 0.2) is 23.1 Å². The summed E-state index contributed by atoms with van der Waals surface area (Å²) in [4.78, 5) is 11.6.